The molecule has 90 valence electrons. The Morgan fingerprint density at radius 3 is 2.56 bits per heavy atom. The van der Waals surface area contributed by atoms with Crippen LogP contribution in [-0.4, -0.2) is 47.6 Å². The van der Waals surface area contributed by atoms with Gasteiger partial charge in [0.15, 0.2) is 5.69 Å². The number of aromatic nitrogens is 2. The molecule has 0 amide bonds. The maximum absolute atomic E-state index is 12.0. The van der Waals surface area contributed by atoms with Gasteiger partial charge in [0.25, 0.3) is 0 Å². The summed E-state index contributed by atoms with van der Waals surface area (Å²) in [6.07, 6.45) is 0. The number of sulfonamides is 1. The molecule has 0 spiro atoms. The zero-order chi connectivity index (χ0) is 12.5. The van der Waals surface area contributed by atoms with Gasteiger partial charge in [-0.25, -0.2) is 17.5 Å². The van der Waals surface area contributed by atoms with E-state index in [1.165, 1.54) is 14.0 Å². The summed E-state index contributed by atoms with van der Waals surface area (Å²) in [7, 11) is -2.41. The van der Waals surface area contributed by atoms with Crippen molar-refractivity contribution >= 4 is 16.0 Å². The Hall–Kier alpha value is -1.41. The molecule has 0 aliphatic rings. The van der Waals surface area contributed by atoms with E-state index in [2.05, 4.69) is 10.2 Å². The second-order valence-electron chi connectivity index (χ2n) is 3.25. The lowest BCUT2D eigenvalue weighted by Crippen LogP contribution is -2.28. The Balaban J connectivity index is 3.44. The lowest BCUT2D eigenvalue weighted by Gasteiger charge is -2.14. The lowest BCUT2D eigenvalue weighted by atomic mass is 10.4. The van der Waals surface area contributed by atoms with Crippen molar-refractivity contribution in [2.45, 2.75) is 18.7 Å². The smallest absolute Gasteiger partial charge is 0.357 e. The Labute approximate surface area is 93.1 Å². The van der Waals surface area contributed by atoms with Crippen molar-refractivity contribution in [2.24, 2.45) is 0 Å². The third-order valence-electron chi connectivity index (χ3n) is 2.21. The topological polar surface area (TPSA) is 103 Å². The summed E-state index contributed by atoms with van der Waals surface area (Å²) in [5.41, 5.74) is -0.254. The molecule has 8 heteroatoms. The second kappa shape index (κ2) is 4.22. The number of hydrogen-bond acceptors (Lipinski definition) is 4. The highest BCUT2D eigenvalue weighted by Crippen LogP contribution is 2.20. The van der Waals surface area contributed by atoms with E-state index >= 15 is 0 Å². The zero-order valence-electron chi connectivity index (χ0n) is 9.18. The summed E-state index contributed by atoms with van der Waals surface area (Å²) in [6, 6.07) is 0. The van der Waals surface area contributed by atoms with Crippen LogP contribution < -0.4 is 0 Å². The first-order chi connectivity index (χ1) is 7.32. The number of carboxylic acids is 1. The van der Waals surface area contributed by atoms with Gasteiger partial charge in [-0.15, -0.1) is 0 Å². The fourth-order valence-electron chi connectivity index (χ4n) is 1.21. The first-order valence-corrected chi connectivity index (χ1v) is 6.01. The van der Waals surface area contributed by atoms with Crippen molar-refractivity contribution in [2.75, 3.05) is 13.6 Å². The van der Waals surface area contributed by atoms with Crippen molar-refractivity contribution in [3.8, 4) is 0 Å². The van der Waals surface area contributed by atoms with E-state index in [0.717, 1.165) is 4.31 Å². The molecule has 0 saturated heterocycles. The van der Waals surface area contributed by atoms with Crippen LogP contribution in [0.2, 0.25) is 0 Å². The molecule has 0 atom stereocenters. The lowest BCUT2D eigenvalue weighted by molar-refractivity contribution is 0.0686. The fraction of sp³-hybridized carbons (Fsp3) is 0.500. The minimum atomic E-state index is -3.79. The number of carbonyl (C=O) groups is 1. The highest BCUT2D eigenvalue weighted by atomic mass is 32.2. The number of nitrogens with one attached hydrogen (secondary N) is 1. The van der Waals surface area contributed by atoms with Crippen LogP contribution in [0.25, 0.3) is 0 Å². The average Bonchev–Trinajstić information content (AvgIpc) is 2.59. The number of hydrogen-bond donors (Lipinski definition) is 2. The van der Waals surface area contributed by atoms with Crippen LogP contribution in [0.1, 0.15) is 23.1 Å². The minimum absolute atomic E-state index is 0.220. The monoisotopic (exact) mass is 247 g/mol. The van der Waals surface area contributed by atoms with Crippen molar-refractivity contribution in [1.29, 1.82) is 0 Å². The van der Waals surface area contributed by atoms with Gasteiger partial charge in [-0.05, 0) is 6.92 Å². The van der Waals surface area contributed by atoms with Gasteiger partial charge in [0, 0.05) is 13.6 Å². The highest BCUT2D eigenvalue weighted by molar-refractivity contribution is 7.89. The quantitative estimate of drug-likeness (QED) is 0.782. The van der Waals surface area contributed by atoms with Crippen LogP contribution in [0.15, 0.2) is 4.90 Å². The van der Waals surface area contributed by atoms with Crippen LogP contribution in [0, 0.1) is 6.92 Å². The van der Waals surface area contributed by atoms with Gasteiger partial charge in [-0.3, -0.25) is 5.10 Å². The maximum Gasteiger partial charge on any atom is 0.357 e. The van der Waals surface area contributed by atoms with Gasteiger partial charge in [0.2, 0.25) is 10.0 Å². The van der Waals surface area contributed by atoms with Gasteiger partial charge in [0.05, 0.1) is 5.69 Å². The molecule has 2 N–H and O–H groups in total. The van der Waals surface area contributed by atoms with Gasteiger partial charge in [-0.1, -0.05) is 6.92 Å². The molecule has 0 bridgehead atoms. The van der Waals surface area contributed by atoms with E-state index in [4.69, 9.17) is 5.11 Å². The van der Waals surface area contributed by atoms with E-state index in [1.54, 1.807) is 6.92 Å². The predicted octanol–water partition coefficient (Wildman–Crippen LogP) is 0.0567. The van der Waals surface area contributed by atoms with Crippen LogP contribution in [0.4, 0.5) is 0 Å². The Bertz CT molecular complexity index is 505. The van der Waals surface area contributed by atoms with Crippen molar-refractivity contribution < 1.29 is 18.3 Å². The Morgan fingerprint density at radius 1 is 1.56 bits per heavy atom. The molecule has 0 fully saturated rings. The van der Waals surface area contributed by atoms with Crippen LogP contribution >= 0.6 is 0 Å². The average molecular weight is 247 g/mol. The van der Waals surface area contributed by atoms with E-state index in [0.29, 0.717) is 0 Å². The van der Waals surface area contributed by atoms with Gasteiger partial charge < -0.3 is 5.11 Å². The fourth-order valence-corrected chi connectivity index (χ4v) is 2.67. The number of H-pyrrole nitrogens is 1. The molecule has 7 nitrogen and oxygen atoms in total. The molecule has 16 heavy (non-hydrogen) atoms. The van der Waals surface area contributed by atoms with E-state index in [-0.39, 0.29) is 17.1 Å². The normalized spacial score (nSPS) is 12.0. The molecule has 1 aromatic rings. The molecule has 1 heterocycles. The summed E-state index contributed by atoms with van der Waals surface area (Å²) < 4.78 is 25.0. The zero-order valence-corrected chi connectivity index (χ0v) is 10.00. The number of aromatic carboxylic acids is 1. The maximum atomic E-state index is 12.0. The largest absolute Gasteiger partial charge is 0.476 e. The first-order valence-electron chi connectivity index (χ1n) is 4.57. The third kappa shape index (κ3) is 1.93. The summed E-state index contributed by atoms with van der Waals surface area (Å²) >= 11 is 0. The Morgan fingerprint density at radius 2 is 2.12 bits per heavy atom. The summed E-state index contributed by atoms with van der Waals surface area (Å²) in [5, 5.41) is 14.7. The van der Waals surface area contributed by atoms with Gasteiger partial charge in [-0.2, -0.15) is 5.10 Å². The standard InChI is InChI=1S/C8H13N3O4S/c1-4-11(3)16(14,15)7-5(2)9-10-6(7)8(12)13/h4H2,1-3H3,(H,9,10)(H,12,13). The van der Waals surface area contributed by atoms with Crippen molar-refractivity contribution in [3.05, 3.63) is 11.4 Å². The molecule has 0 aromatic carbocycles. The number of carboxylic acid groups (broad SMARTS) is 1. The summed E-state index contributed by atoms with van der Waals surface area (Å²) in [6.45, 7) is 3.38. The van der Waals surface area contributed by atoms with Crippen LogP contribution in [-0.2, 0) is 10.0 Å². The number of aromatic amines is 1. The molecule has 0 radical (unpaired) electrons. The first kappa shape index (κ1) is 12.7. The second-order valence-corrected chi connectivity index (χ2v) is 5.23. The van der Waals surface area contributed by atoms with E-state index in [9.17, 15) is 13.2 Å². The van der Waals surface area contributed by atoms with Gasteiger partial charge in [0.1, 0.15) is 4.90 Å². The van der Waals surface area contributed by atoms with Crippen LogP contribution in [0.3, 0.4) is 0 Å². The minimum Gasteiger partial charge on any atom is -0.476 e. The SMILES string of the molecule is CCN(C)S(=O)(=O)c1c(C(=O)O)n[nH]c1C. The van der Waals surface area contributed by atoms with Crippen molar-refractivity contribution in [1.82, 2.24) is 14.5 Å². The number of rotatable bonds is 4. The molecule has 0 saturated carbocycles. The molecular formula is C8H13N3O4S. The summed E-state index contributed by atoms with van der Waals surface area (Å²) in [4.78, 5) is 10.6. The molecule has 1 aromatic heterocycles. The van der Waals surface area contributed by atoms with Crippen molar-refractivity contribution in [3.63, 3.8) is 0 Å². The Kier molecular flexibility index (Phi) is 3.34. The molecule has 0 unspecified atom stereocenters. The number of aryl methyl sites for hydroxylation is 1. The van der Waals surface area contributed by atoms with E-state index in [1.807, 2.05) is 0 Å². The van der Waals surface area contributed by atoms with E-state index < -0.39 is 21.7 Å². The van der Waals surface area contributed by atoms with Crippen LogP contribution in [0.5, 0.6) is 0 Å². The molecule has 1 rings (SSSR count). The molecule has 0 aliphatic carbocycles. The molecular weight excluding hydrogens is 234 g/mol. The number of nitrogens with zero attached hydrogens (tertiary/aromatic N) is 2. The third-order valence-corrected chi connectivity index (χ3v) is 4.30. The predicted molar refractivity (Wildman–Crippen MR) is 55.8 cm³/mol. The highest BCUT2D eigenvalue weighted by Gasteiger charge is 2.30. The van der Waals surface area contributed by atoms with Gasteiger partial charge >= 0.3 is 5.97 Å². The molecule has 0 aliphatic heterocycles. The summed E-state index contributed by atoms with van der Waals surface area (Å²) in [5.74, 6) is -1.37.